The number of nitrogens with zero attached hydrogens (tertiary/aromatic N) is 1. The van der Waals surface area contributed by atoms with Crippen LogP contribution in [0.15, 0.2) is 24.3 Å². The van der Waals surface area contributed by atoms with Gasteiger partial charge < -0.3 is 19.7 Å². The lowest BCUT2D eigenvalue weighted by Crippen LogP contribution is -2.45. The molecule has 0 atom stereocenters. The third-order valence-electron chi connectivity index (χ3n) is 4.91. The van der Waals surface area contributed by atoms with Gasteiger partial charge in [-0.1, -0.05) is 32.9 Å². The van der Waals surface area contributed by atoms with E-state index in [2.05, 4.69) is 38.2 Å². The SMILES string of the molecule is CC(C)(C)OC(=O)N1CCC(C(=O)NCCOc2ccc(C(C)(C)C)cc2)CC1. The van der Waals surface area contributed by atoms with Crippen molar-refractivity contribution >= 4 is 12.0 Å². The lowest BCUT2D eigenvalue weighted by Gasteiger charge is -2.32. The summed E-state index contributed by atoms with van der Waals surface area (Å²) in [4.78, 5) is 26.1. The number of carbonyl (C=O) groups is 2. The average Bonchev–Trinajstić information content (AvgIpc) is 2.63. The Kier molecular flexibility index (Phi) is 7.55. The highest BCUT2D eigenvalue weighted by Gasteiger charge is 2.29. The van der Waals surface area contributed by atoms with E-state index in [1.54, 1.807) is 4.90 Å². The van der Waals surface area contributed by atoms with Crippen LogP contribution in [0.4, 0.5) is 4.79 Å². The van der Waals surface area contributed by atoms with Crippen LogP contribution in [0.2, 0.25) is 0 Å². The van der Waals surface area contributed by atoms with Gasteiger partial charge in [-0.3, -0.25) is 4.79 Å². The second-order valence-electron chi connectivity index (χ2n) is 9.66. The second-order valence-corrected chi connectivity index (χ2v) is 9.66. The largest absolute Gasteiger partial charge is 0.492 e. The van der Waals surface area contributed by atoms with Gasteiger partial charge in [-0.2, -0.15) is 0 Å². The summed E-state index contributed by atoms with van der Waals surface area (Å²) in [7, 11) is 0. The fourth-order valence-corrected chi connectivity index (χ4v) is 3.19. The van der Waals surface area contributed by atoms with Gasteiger partial charge in [0.25, 0.3) is 0 Å². The number of benzene rings is 1. The van der Waals surface area contributed by atoms with E-state index in [0.29, 0.717) is 39.1 Å². The second kappa shape index (κ2) is 9.51. The molecular formula is C23H36N2O4. The zero-order valence-electron chi connectivity index (χ0n) is 18.7. The van der Waals surface area contributed by atoms with Crippen LogP contribution in [-0.2, 0) is 14.9 Å². The number of nitrogens with one attached hydrogen (secondary N) is 1. The minimum atomic E-state index is -0.502. The third kappa shape index (κ3) is 7.59. The molecule has 0 unspecified atom stereocenters. The lowest BCUT2D eigenvalue weighted by atomic mass is 9.87. The molecular weight excluding hydrogens is 368 g/mol. The number of carbonyl (C=O) groups excluding carboxylic acids is 2. The predicted molar refractivity (Wildman–Crippen MR) is 114 cm³/mol. The first-order valence-corrected chi connectivity index (χ1v) is 10.4. The van der Waals surface area contributed by atoms with Crippen LogP contribution in [-0.4, -0.2) is 48.7 Å². The summed E-state index contributed by atoms with van der Waals surface area (Å²) in [6.07, 6.45) is 1.00. The molecule has 6 heteroatoms. The van der Waals surface area contributed by atoms with E-state index < -0.39 is 5.60 Å². The number of amides is 2. The number of hydrogen-bond acceptors (Lipinski definition) is 4. The van der Waals surface area contributed by atoms with Gasteiger partial charge in [-0.25, -0.2) is 4.79 Å². The molecule has 0 aromatic heterocycles. The molecule has 0 spiro atoms. The Hall–Kier alpha value is -2.24. The maximum Gasteiger partial charge on any atom is 0.410 e. The van der Waals surface area contributed by atoms with Crippen LogP contribution < -0.4 is 10.1 Å². The van der Waals surface area contributed by atoms with Crippen molar-refractivity contribution in [2.75, 3.05) is 26.2 Å². The molecule has 0 radical (unpaired) electrons. The molecule has 1 aliphatic rings. The fourth-order valence-electron chi connectivity index (χ4n) is 3.19. The van der Waals surface area contributed by atoms with E-state index in [9.17, 15) is 9.59 Å². The Morgan fingerprint density at radius 2 is 1.62 bits per heavy atom. The molecule has 1 N–H and O–H groups in total. The van der Waals surface area contributed by atoms with Crippen molar-refractivity contribution in [3.8, 4) is 5.75 Å². The Labute approximate surface area is 174 Å². The van der Waals surface area contributed by atoms with Gasteiger partial charge in [0.2, 0.25) is 5.91 Å². The highest BCUT2D eigenvalue weighted by atomic mass is 16.6. The molecule has 0 aliphatic carbocycles. The first-order chi connectivity index (χ1) is 13.5. The zero-order chi connectivity index (χ0) is 21.7. The van der Waals surface area contributed by atoms with Crippen molar-refractivity contribution in [1.82, 2.24) is 10.2 Å². The predicted octanol–water partition coefficient (Wildman–Crippen LogP) is 4.13. The van der Waals surface area contributed by atoms with Crippen molar-refractivity contribution in [2.45, 2.75) is 65.4 Å². The molecule has 1 heterocycles. The summed E-state index contributed by atoms with van der Waals surface area (Å²) >= 11 is 0. The van der Waals surface area contributed by atoms with Gasteiger partial charge in [0, 0.05) is 19.0 Å². The van der Waals surface area contributed by atoms with Crippen LogP contribution in [0.3, 0.4) is 0 Å². The van der Waals surface area contributed by atoms with Gasteiger partial charge in [-0.05, 0) is 56.7 Å². The van der Waals surface area contributed by atoms with Crippen LogP contribution in [0.5, 0.6) is 5.75 Å². The monoisotopic (exact) mass is 404 g/mol. The summed E-state index contributed by atoms with van der Waals surface area (Å²) in [5.74, 6) is 0.762. The fraction of sp³-hybridized carbons (Fsp3) is 0.652. The van der Waals surface area contributed by atoms with Gasteiger partial charge in [0.15, 0.2) is 0 Å². The summed E-state index contributed by atoms with van der Waals surface area (Å²) in [5.41, 5.74) is 0.875. The Morgan fingerprint density at radius 3 is 2.14 bits per heavy atom. The van der Waals surface area contributed by atoms with Crippen molar-refractivity contribution in [2.24, 2.45) is 5.92 Å². The summed E-state index contributed by atoms with van der Waals surface area (Å²) in [6, 6.07) is 8.09. The van der Waals surface area contributed by atoms with Crippen LogP contribution >= 0.6 is 0 Å². The maximum absolute atomic E-state index is 12.4. The molecule has 1 saturated heterocycles. The maximum atomic E-state index is 12.4. The molecule has 2 rings (SSSR count). The normalized spacial score (nSPS) is 15.7. The van der Waals surface area contributed by atoms with E-state index >= 15 is 0 Å². The molecule has 1 fully saturated rings. The number of hydrogen-bond donors (Lipinski definition) is 1. The quantitative estimate of drug-likeness (QED) is 0.750. The minimum Gasteiger partial charge on any atom is -0.492 e. The van der Waals surface area contributed by atoms with E-state index in [-0.39, 0.29) is 23.3 Å². The van der Waals surface area contributed by atoms with Gasteiger partial charge in [-0.15, -0.1) is 0 Å². The molecule has 6 nitrogen and oxygen atoms in total. The number of rotatable bonds is 5. The van der Waals surface area contributed by atoms with Crippen molar-refractivity contribution in [3.63, 3.8) is 0 Å². The number of ether oxygens (including phenoxy) is 2. The summed E-state index contributed by atoms with van der Waals surface area (Å²) < 4.78 is 11.1. The van der Waals surface area contributed by atoms with E-state index in [1.807, 2.05) is 32.9 Å². The summed E-state index contributed by atoms with van der Waals surface area (Å²) in [5, 5.41) is 2.94. The topological polar surface area (TPSA) is 67.9 Å². The van der Waals surface area contributed by atoms with Crippen molar-refractivity contribution in [1.29, 1.82) is 0 Å². The molecule has 1 aromatic rings. The zero-order valence-corrected chi connectivity index (χ0v) is 18.7. The van der Waals surface area contributed by atoms with E-state index in [0.717, 1.165) is 5.75 Å². The Balaban J connectivity index is 1.67. The first-order valence-electron chi connectivity index (χ1n) is 10.4. The number of likely N-dealkylation sites (tertiary alicyclic amines) is 1. The summed E-state index contributed by atoms with van der Waals surface area (Å²) in [6.45, 7) is 14.1. The minimum absolute atomic E-state index is 0.0283. The van der Waals surface area contributed by atoms with E-state index in [1.165, 1.54) is 5.56 Å². The molecule has 0 saturated carbocycles. The molecule has 29 heavy (non-hydrogen) atoms. The van der Waals surface area contributed by atoms with Gasteiger partial charge in [0.05, 0.1) is 6.54 Å². The van der Waals surface area contributed by atoms with Crippen LogP contribution in [0.25, 0.3) is 0 Å². The molecule has 0 bridgehead atoms. The molecule has 1 aliphatic heterocycles. The van der Waals surface area contributed by atoms with Gasteiger partial charge in [0.1, 0.15) is 18.0 Å². The highest BCUT2D eigenvalue weighted by molar-refractivity contribution is 5.79. The van der Waals surface area contributed by atoms with Crippen molar-refractivity contribution in [3.05, 3.63) is 29.8 Å². The standard InChI is InChI=1S/C23H36N2O4/c1-22(2,3)18-7-9-19(10-8-18)28-16-13-24-20(26)17-11-14-25(15-12-17)21(27)29-23(4,5)6/h7-10,17H,11-16H2,1-6H3,(H,24,26). The third-order valence-corrected chi connectivity index (χ3v) is 4.91. The first kappa shape index (κ1) is 23.0. The smallest absolute Gasteiger partial charge is 0.410 e. The van der Waals surface area contributed by atoms with Crippen molar-refractivity contribution < 1.29 is 19.1 Å². The van der Waals surface area contributed by atoms with Gasteiger partial charge >= 0.3 is 6.09 Å². The van der Waals surface area contributed by atoms with Crippen LogP contribution in [0, 0.1) is 5.92 Å². The Morgan fingerprint density at radius 1 is 1.03 bits per heavy atom. The highest BCUT2D eigenvalue weighted by Crippen LogP contribution is 2.24. The van der Waals surface area contributed by atoms with E-state index in [4.69, 9.17) is 9.47 Å². The average molecular weight is 405 g/mol. The van der Waals surface area contributed by atoms with Crippen LogP contribution in [0.1, 0.15) is 59.9 Å². The molecule has 162 valence electrons. The molecule has 1 aromatic carbocycles. The molecule has 2 amide bonds. The Bertz CT molecular complexity index is 678. The number of piperidine rings is 1. The lowest BCUT2D eigenvalue weighted by molar-refractivity contribution is -0.126.